The fourth-order valence-corrected chi connectivity index (χ4v) is 2.14. The molecular formula is C15H18N2O4. The van der Waals surface area contributed by atoms with E-state index in [-0.39, 0.29) is 11.7 Å². The second-order valence-electron chi connectivity index (χ2n) is 4.94. The van der Waals surface area contributed by atoms with E-state index in [2.05, 4.69) is 4.74 Å². The van der Waals surface area contributed by atoms with E-state index in [0.29, 0.717) is 11.3 Å². The van der Waals surface area contributed by atoms with Crippen LogP contribution < -0.4 is 5.69 Å². The Labute approximate surface area is 122 Å². The van der Waals surface area contributed by atoms with Crippen molar-refractivity contribution < 1.29 is 14.6 Å². The zero-order valence-electron chi connectivity index (χ0n) is 12.2. The summed E-state index contributed by atoms with van der Waals surface area (Å²) in [6.07, 6.45) is 1.86. The van der Waals surface area contributed by atoms with Crippen molar-refractivity contribution in [1.29, 1.82) is 0 Å². The standard InChI is InChI=1S/C15H18N2O4/c1-10(2)16-8-9-17(15(16)20)12-7-5-4-6-11(12)13(18)14(19)21-3/h4-10,13,18H,1-3H3. The molecule has 112 valence electrons. The van der Waals surface area contributed by atoms with Crippen LogP contribution in [0, 0.1) is 0 Å². The van der Waals surface area contributed by atoms with Crippen LogP contribution in [0.5, 0.6) is 0 Å². The molecule has 1 heterocycles. The molecule has 1 unspecified atom stereocenters. The van der Waals surface area contributed by atoms with Crippen LogP contribution in [0.2, 0.25) is 0 Å². The number of aliphatic hydroxyl groups is 1. The number of aromatic nitrogens is 2. The molecule has 0 aliphatic rings. The Hall–Kier alpha value is -2.34. The molecule has 0 bridgehead atoms. The number of imidazole rings is 1. The topological polar surface area (TPSA) is 73.5 Å². The summed E-state index contributed by atoms with van der Waals surface area (Å²) in [5.74, 6) is -0.765. The molecule has 21 heavy (non-hydrogen) atoms. The summed E-state index contributed by atoms with van der Waals surface area (Å²) in [6.45, 7) is 3.81. The highest BCUT2D eigenvalue weighted by Crippen LogP contribution is 2.22. The van der Waals surface area contributed by atoms with Crippen LogP contribution in [0.25, 0.3) is 5.69 Å². The highest BCUT2D eigenvalue weighted by molar-refractivity contribution is 5.77. The van der Waals surface area contributed by atoms with Crippen molar-refractivity contribution in [2.24, 2.45) is 0 Å². The number of hydrogen-bond donors (Lipinski definition) is 1. The first kappa shape index (κ1) is 15.1. The number of para-hydroxylation sites is 1. The van der Waals surface area contributed by atoms with Gasteiger partial charge in [0, 0.05) is 24.0 Å². The van der Waals surface area contributed by atoms with Crippen LogP contribution >= 0.6 is 0 Å². The van der Waals surface area contributed by atoms with Crippen molar-refractivity contribution in [2.75, 3.05) is 7.11 Å². The van der Waals surface area contributed by atoms with Crippen molar-refractivity contribution in [3.63, 3.8) is 0 Å². The largest absolute Gasteiger partial charge is 0.467 e. The molecule has 0 fully saturated rings. The lowest BCUT2D eigenvalue weighted by Crippen LogP contribution is -2.25. The lowest BCUT2D eigenvalue weighted by Gasteiger charge is -2.14. The number of aliphatic hydroxyl groups excluding tert-OH is 1. The summed E-state index contributed by atoms with van der Waals surface area (Å²) in [4.78, 5) is 23.9. The average molecular weight is 290 g/mol. The Balaban J connectivity index is 2.56. The Morgan fingerprint density at radius 3 is 2.48 bits per heavy atom. The number of carbonyl (C=O) groups is 1. The molecule has 0 saturated carbocycles. The molecule has 1 aromatic heterocycles. The molecule has 0 saturated heterocycles. The molecule has 0 amide bonds. The van der Waals surface area contributed by atoms with E-state index in [9.17, 15) is 14.7 Å². The summed E-state index contributed by atoms with van der Waals surface area (Å²) in [5, 5.41) is 10.0. The molecule has 6 heteroatoms. The third-order valence-electron chi connectivity index (χ3n) is 3.27. The van der Waals surface area contributed by atoms with Crippen LogP contribution in [0.1, 0.15) is 31.6 Å². The van der Waals surface area contributed by atoms with E-state index < -0.39 is 12.1 Å². The Morgan fingerprint density at radius 2 is 1.90 bits per heavy atom. The number of nitrogens with zero attached hydrogens (tertiary/aromatic N) is 2. The number of esters is 1. The molecule has 1 atom stereocenters. The molecule has 2 aromatic rings. The number of hydrogen-bond acceptors (Lipinski definition) is 4. The van der Waals surface area contributed by atoms with Crippen molar-refractivity contribution in [2.45, 2.75) is 26.0 Å². The molecular weight excluding hydrogens is 272 g/mol. The van der Waals surface area contributed by atoms with Crippen LogP contribution in [0.3, 0.4) is 0 Å². The van der Waals surface area contributed by atoms with E-state index in [4.69, 9.17) is 0 Å². The van der Waals surface area contributed by atoms with E-state index in [0.717, 1.165) is 0 Å². The molecule has 0 radical (unpaired) electrons. The van der Waals surface area contributed by atoms with Gasteiger partial charge in [-0.2, -0.15) is 0 Å². The Morgan fingerprint density at radius 1 is 1.24 bits per heavy atom. The predicted molar refractivity (Wildman–Crippen MR) is 77.4 cm³/mol. The van der Waals surface area contributed by atoms with Gasteiger partial charge in [-0.1, -0.05) is 18.2 Å². The summed E-state index contributed by atoms with van der Waals surface area (Å²) in [5.41, 5.74) is 0.558. The zero-order valence-corrected chi connectivity index (χ0v) is 12.2. The Bertz CT molecular complexity index is 700. The van der Waals surface area contributed by atoms with Gasteiger partial charge in [-0.3, -0.25) is 9.13 Å². The minimum Gasteiger partial charge on any atom is -0.467 e. The number of methoxy groups -OCH3 is 1. The maximum atomic E-state index is 12.4. The second kappa shape index (κ2) is 5.97. The highest BCUT2D eigenvalue weighted by atomic mass is 16.5. The second-order valence-corrected chi connectivity index (χ2v) is 4.94. The van der Waals surface area contributed by atoms with Gasteiger partial charge in [0.2, 0.25) is 0 Å². The van der Waals surface area contributed by atoms with Crippen LogP contribution in [0.4, 0.5) is 0 Å². The molecule has 0 spiro atoms. The van der Waals surface area contributed by atoms with Gasteiger partial charge in [0.05, 0.1) is 12.8 Å². The third kappa shape index (κ3) is 2.75. The van der Waals surface area contributed by atoms with Crippen molar-refractivity contribution >= 4 is 5.97 Å². The van der Waals surface area contributed by atoms with E-state index >= 15 is 0 Å². The predicted octanol–water partition coefficient (Wildman–Crippen LogP) is 1.43. The smallest absolute Gasteiger partial charge is 0.339 e. The molecule has 1 N–H and O–H groups in total. The first-order valence-electron chi connectivity index (χ1n) is 6.62. The summed E-state index contributed by atoms with van der Waals surface area (Å²) < 4.78 is 7.52. The molecule has 2 rings (SSSR count). The maximum absolute atomic E-state index is 12.4. The van der Waals surface area contributed by atoms with Gasteiger partial charge in [-0.25, -0.2) is 9.59 Å². The lowest BCUT2D eigenvalue weighted by molar-refractivity contribution is -0.150. The normalized spacial score (nSPS) is 12.4. The van der Waals surface area contributed by atoms with Crippen LogP contribution in [-0.4, -0.2) is 27.3 Å². The summed E-state index contributed by atoms with van der Waals surface area (Å²) in [6, 6.07) is 6.72. The summed E-state index contributed by atoms with van der Waals surface area (Å²) >= 11 is 0. The van der Waals surface area contributed by atoms with Gasteiger partial charge in [-0.05, 0) is 19.9 Å². The third-order valence-corrected chi connectivity index (χ3v) is 3.27. The maximum Gasteiger partial charge on any atom is 0.339 e. The van der Waals surface area contributed by atoms with Gasteiger partial charge >= 0.3 is 11.7 Å². The van der Waals surface area contributed by atoms with Gasteiger partial charge in [0.15, 0.2) is 6.10 Å². The van der Waals surface area contributed by atoms with Crippen molar-refractivity contribution in [3.8, 4) is 5.69 Å². The number of benzene rings is 1. The van der Waals surface area contributed by atoms with Crippen molar-refractivity contribution in [3.05, 3.63) is 52.7 Å². The highest BCUT2D eigenvalue weighted by Gasteiger charge is 2.22. The zero-order chi connectivity index (χ0) is 15.6. The van der Waals surface area contributed by atoms with Gasteiger partial charge in [0.1, 0.15) is 0 Å². The SMILES string of the molecule is COC(=O)C(O)c1ccccc1-n1ccn(C(C)C)c1=O. The van der Waals surface area contributed by atoms with Crippen molar-refractivity contribution in [1.82, 2.24) is 9.13 Å². The first-order chi connectivity index (χ1) is 9.97. The fraction of sp³-hybridized carbons (Fsp3) is 0.333. The molecule has 6 nitrogen and oxygen atoms in total. The minimum atomic E-state index is -1.43. The molecule has 0 aliphatic heterocycles. The van der Waals surface area contributed by atoms with E-state index in [1.807, 2.05) is 13.8 Å². The average Bonchev–Trinajstić information content (AvgIpc) is 2.87. The van der Waals surface area contributed by atoms with Gasteiger partial charge in [0.25, 0.3) is 0 Å². The van der Waals surface area contributed by atoms with Gasteiger partial charge in [-0.15, -0.1) is 0 Å². The monoisotopic (exact) mass is 290 g/mol. The molecule has 1 aromatic carbocycles. The number of rotatable bonds is 4. The van der Waals surface area contributed by atoms with E-state index in [1.54, 1.807) is 41.2 Å². The van der Waals surface area contributed by atoms with E-state index in [1.165, 1.54) is 11.7 Å². The Kier molecular flexibility index (Phi) is 4.28. The number of carbonyl (C=O) groups excluding carboxylic acids is 1. The first-order valence-corrected chi connectivity index (χ1v) is 6.62. The number of ether oxygens (including phenoxy) is 1. The lowest BCUT2D eigenvalue weighted by atomic mass is 10.1. The van der Waals surface area contributed by atoms with Crippen LogP contribution in [0.15, 0.2) is 41.5 Å². The molecule has 0 aliphatic carbocycles. The minimum absolute atomic E-state index is 0.0245. The van der Waals surface area contributed by atoms with Crippen LogP contribution in [-0.2, 0) is 9.53 Å². The quantitative estimate of drug-likeness (QED) is 0.864. The summed E-state index contributed by atoms with van der Waals surface area (Å²) in [7, 11) is 1.20. The van der Waals surface area contributed by atoms with Gasteiger partial charge < -0.3 is 9.84 Å². The fourth-order valence-electron chi connectivity index (χ4n) is 2.14.